The number of likely N-dealkylation sites (N-methyl/N-ethyl adjacent to an activating group) is 1. The molecular formula is C32H57N7O9. The van der Waals surface area contributed by atoms with Crippen LogP contribution in [0.3, 0.4) is 0 Å². The van der Waals surface area contributed by atoms with Gasteiger partial charge in [-0.15, -0.1) is 0 Å². The first-order valence-corrected chi connectivity index (χ1v) is 17.1. The van der Waals surface area contributed by atoms with Crippen LogP contribution in [0.4, 0.5) is 0 Å². The maximum atomic E-state index is 13.1. The summed E-state index contributed by atoms with van der Waals surface area (Å²) in [6.07, 6.45) is 6.06. The predicted octanol–water partition coefficient (Wildman–Crippen LogP) is -1.01. The van der Waals surface area contributed by atoms with Gasteiger partial charge in [0, 0.05) is 71.4 Å². The van der Waals surface area contributed by atoms with E-state index in [2.05, 4.69) is 16.0 Å². The van der Waals surface area contributed by atoms with Gasteiger partial charge >= 0.3 is 17.9 Å². The first-order valence-electron chi connectivity index (χ1n) is 17.1. The second kappa shape index (κ2) is 22.5. The molecule has 2 aliphatic rings. The van der Waals surface area contributed by atoms with E-state index in [1.807, 2.05) is 4.90 Å². The molecule has 1 aliphatic heterocycles. The van der Waals surface area contributed by atoms with Crippen molar-refractivity contribution in [3.8, 4) is 0 Å². The summed E-state index contributed by atoms with van der Waals surface area (Å²) in [4.78, 5) is 78.5. The van der Waals surface area contributed by atoms with Crippen molar-refractivity contribution in [1.82, 2.24) is 35.6 Å². The summed E-state index contributed by atoms with van der Waals surface area (Å²) in [7, 11) is 1.77. The first-order chi connectivity index (χ1) is 22.8. The molecule has 2 rings (SSSR count). The van der Waals surface area contributed by atoms with Crippen molar-refractivity contribution in [3.63, 3.8) is 0 Å². The van der Waals surface area contributed by atoms with E-state index in [0.717, 1.165) is 44.9 Å². The van der Waals surface area contributed by atoms with Gasteiger partial charge in [0.05, 0.1) is 32.2 Å². The van der Waals surface area contributed by atoms with E-state index in [9.17, 15) is 44.1 Å². The third-order valence-electron chi connectivity index (χ3n) is 9.14. The van der Waals surface area contributed by atoms with Crippen LogP contribution >= 0.6 is 0 Å². The van der Waals surface area contributed by atoms with E-state index in [-0.39, 0.29) is 61.8 Å². The molecular weight excluding hydrogens is 626 g/mol. The van der Waals surface area contributed by atoms with Crippen LogP contribution in [0.2, 0.25) is 0 Å². The van der Waals surface area contributed by atoms with Crippen molar-refractivity contribution in [1.29, 1.82) is 0 Å². The molecule has 0 aromatic rings. The zero-order valence-corrected chi connectivity index (χ0v) is 28.7. The van der Waals surface area contributed by atoms with Gasteiger partial charge in [0.25, 0.3) is 0 Å². The number of ketones is 1. The number of carbonyl (C=O) groups excluding carboxylic acids is 3. The summed E-state index contributed by atoms with van der Waals surface area (Å²) < 4.78 is 0. The number of carboxylic acids is 3. The molecule has 48 heavy (non-hydrogen) atoms. The van der Waals surface area contributed by atoms with Gasteiger partial charge in [-0.2, -0.15) is 0 Å². The molecule has 1 aliphatic carbocycles. The molecule has 1 heterocycles. The van der Waals surface area contributed by atoms with E-state index < -0.39 is 17.9 Å². The number of unbranched alkanes of at least 4 members (excludes halogenated alkanes) is 1. The third-order valence-corrected chi connectivity index (χ3v) is 9.14. The Morgan fingerprint density at radius 3 is 1.48 bits per heavy atom. The van der Waals surface area contributed by atoms with Crippen molar-refractivity contribution < 1.29 is 44.1 Å². The maximum Gasteiger partial charge on any atom is 0.317 e. The second-order valence-corrected chi connectivity index (χ2v) is 13.1. The fourth-order valence-corrected chi connectivity index (χ4v) is 6.36. The molecule has 6 N–H and O–H groups in total. The lowest BCUT2D eigenvalue weighted by atomic mass is 9.84. The van der Waals surface area contributed by atoms with Crippen LogP contribution < -0.4 is 16.0 Å². The molecule has 1 atom stereocenters. The minimum absolute atomic E-state index is 0.00195. The highest BCUT2D eigenvalue weighted by Gasteiger charge is 2.26. The molecule has 1 saturated carbocycles. The highest BCUT2D eigenvalue weighted by atomic mass is 16.4. The predicted molar refractivity (Wildman–Crippen MR) is 178 cm³/mol. The lowest BCUT2D eigenvalue weighted by Gasteiger charge is -2.33. The van der Waals surface area contributed by atoms with Gasteiger partial charge in [0.2, 0.25) is 11.8 Å². The lowest BCUT2D eigenvalue weighted by Crippen LogP contribution is -2.50. The summed E-state index contributed by atoms with van der Waals surface area (Å²) >= 11 is 0. The monoisotopic (exact) mass is 683 g/mol. The summed E-state index contributed by atoms with van der Waals surface area (Å²) in [5.41, 5.74) is 0. The summed E-state index contributed by atoms with van der Waals surface area (Å²) in [5.74, 6) is -2.77. The average molecular weight is 684 g/mol. The van der Waals surface area contributed by atoms with Crippen LogP contribution in [0, 0.1) is 5.92 Å². The molecule has 274 valence electrons. The summed E-state index contributed by atoms with van der Waals surface area (Å²) in [6, 6.07) is -0.144. The standard InChI is InChI=1S/C32H57N7O9/c1-24(40)27(33-2)5-3-4-10-34-28(41)19-25-6-8-26(9-7-25)35-29(42)20-36-11-13-37(21-30(43)44)15-17-39(23-32(47)48)18-16-38(14-12-36)22-31(45)46/h25-27,33H,3-23H2,1-2H3,(H,34,41)(H,35,42)(H,43,44)(H,45,46)(H,47,48)/t25?,26?,27-/m0/s1. The van der Waals surface area contributed by atoms with Crippen molar-refractivity contribution in [2.75, 3.05) is 92.1 Å². The molecule has 0 spiro atoms. The topological polar surface area (TPSA) is 212 Å². The number of nitrogens with one attached hydrogen (secondary N) is 3. The molecule has 0 radical (unpaired) electrons. The lowest BCUT2D eigenvalue weighted by molar-refractivity contribution is -0.140. The molecule has 2 amide bonds. The van der Waals surface area contributed by atoms with Gasteiger partial charge in [-0.3, -0.25) is 48.4 Å². The Bertz CT molecular complexity index is 1020. The Morgan fingerprint density at radius 2 is 1.08 bits per heavy atom. The Kier molecular flexibility index (Phi) is 19.2. The van der Waals surface area contributed by atoms with Crippen molar-refractivity contribution >= 4 is 35.5 Å². The normalized spacial score (nSPS) is 21.7. The smallest absolute Gasteiger partial charge is 0.317 e. The quantitative estimate of drug-likeness (QED) is 0.0957. The Balaban J connectivity index is 1.84. The average Bonchev–Trinajstić information content (AvgIpc) is 3.00. The van der Waals surface area contributed by atoms with Crippen LogP contribution in [-0.4, -0.2) is 175 Å². The Hall–Kier alpha value is -3.18. The maximum absolute atomic E-state index is 13.1. The van der Waals surface area contributed by atoms with Gasteiger partial charge in [-0.1, -0.05) is 0 Å². The van der Waals surface area contributed by atoms with Gasteiger partial charge < -0.3 is 31.3 Å². The number of rotatable bonds is 18. The second-order valence-electron chi connectivity index (χ2n) is 13.1. The molecule has 0 aromatic heterocycles. The van der Waals surface area contributed by atoms with Gasteiger partial charge in [0.15, 0.2) is 0 Å². The van der Waals surface area contributed by atoms with Gasteiger partial charge in [-0.05, 0) is 64.8 Å². The minimum Gasteiger partial charge on any atom is -0.480 e. The number of carboxylic acid groups (broad SMARTS) is 3. The van der Waals surface area contributed by atoms with E-state index in [1.54, 1.807) is 28.7 Å². The fourth-order valence-electron chi connectivity index (χ4n) is 6.36. The third kappa shape index (κ3) is 17.8. The molecule has 0 unspecified atom stereocenters. The summed E-state index contributed by atoms with van der Waals surface area (Å²) in [6.45, 7) is 4.29. The Labute approximate surface area is 283 Å². The van der Waals surface area contributed by atoms with E-state index in [4.69, 9.17) is 0 Å². The number of Topliss-reactive ketones (excluding diaryl/α,β-unsaturated/α-hetero) is 1. The van der Waals surface area contributed by atoms with Gasteiger partial charge in [-0.25, -0.2) is 0 Å². The molecule has 16 nitrogen and oxygen atoms in total. The SMILES string of the molecule is CN[C@@H](CCCCNC(=O)CC1CCC(NC(=O)CN2CCN(CC(=O)O)CCN(CC(=O)O)CCN(CC(=O)O)CC2)CC1)C(C)=O. The van der Waals surface area contributed by atoms with Gasteiger partial charge in [0.1, 0.15) is 5.78 Å². The number of nitrogens with zero attached hydrogens (tertiary/aromatic N) is 4. The van der Waals surface area contributed by atoms with E-state index >= 15 is 0 Å². The van der Waals surface area contributed by atoms with E-state index in [1.165, 1.54) is 0 Å². The van der Waals surface area contributed by atoms with Crippen molar-refractivity contribution in [2.45, 2.75) is 70.4 Å². The number of hydrogen-bond acceptors (Lipinski definition) is 11. The highest BCUT2D eigenvalue weighted by Crippen LogP contribution is 2.27. The number of carbonyl (C=O) groups is 6. The summed E-state index contributed by atoms with van der Waals surface area (Å²) in [5, 5.41) is 37.3. The fraction of sp³-hybridized carbons (Fsp3) is 0.812. The first kappa shape index (κ1) is 41.0. The molecule has 1 saturated heterocycles. The molecule has 0 bridgehead atoms. The highest BCUT2D eigenvalue weighted by molar-refractivity contribution is 5.81. The number of hydrogen-bond donors (Lipinski definition) is 6. The Morgan fingerprint density at radius 1 is 0.646 bits per heavy atom. The molecule has 16 heteroatoms. The van der Waals surface area contributed by atoms with Crippen molar-refractivity contribution in [2.24, 2.45) is 5.92 Å². The van der Waals surface area contributed by atoms with Crippen LogP contribution in [0.1, 0.15) is 58.3 Å². The molecule has 0 aromatic carbocycles. The zero-order valence-electron chi connectivity index (χ0n) is 28.7. The minimum atomic E-state index is -1.01. The van der Waals surface area contributed by atoms with Crippen LogP contribution in [0.15, 0.2) is 0 Å². The largest absolute Gasteiger partial charge is 0.480 e. The number of aliphatic carboxylic acids is 3. The molecule has 2 fully saturated rings. The van der Waals surface area contributed by atoms with Crippen molar-refractivity contribution in [3.05, 3.63) is 0 Å². The number of amides is 2. The van der Waals surface area contributed by atoms with Crippen LogP contribution in [0.25, 0.3) is 0 Å². The van der Waals surface area contributed by atoms with Crippen LogP contribution in [-0.2, 0) is 28.8 Å². The van der Waals surface area contributed by atoms with E-state index in [0.29, 0.717) is 65.3 Å². The van der Waals surface area contributed by atoms with Crippen LogP contribution in [0.5, 0.6) is 0 Å². The zero-order chi connectivity index (χ0) is 35.5.